The summed E-state index contributed by atoms with van der Waals surface area (Å²) in [6, 6.07) is 7.92. The van der Waals surface area contributed by atoms with E-state index < -0.39 is 0 Å². The molecule has 0 fully saturated rings. The summed E-state index contributed by atoms with van der Waals surface area (Å²) in [5.41, 5.74) is 8.60. The van der Waals surface area contributed by atoms with Crippen LogP contribution in [0.3, 0.4) is 0 Å². The van der Waals surface area contributed by atoms with Crippen LogP contribution in [0.5, 0.6) is 0 Å². The lowest BCUT2D eigenvalue weighted by molar-refractivity contribution is 1.08. The zero-order valence-corrected chi connectivity index (χ0v) is 11.1. The fraction of sp³-hybridized carbons (Fsp3) is 0. The van der Waals surface area contributed by atoms with Gasteiger partial charge in [-0.2, -0.15) is 0 Å². The van der Waals surface area contributed by atoms with Gasteiger partial charge in [0.05, 0.1) is 16.4 Å². The zero-order chi connectivity index (χ0) is 13.5. The number of aromatic amines is 2. The molecule has 0 atom stereocenters. The number of nitrogen functional groups attached to an aromatic ring is 1. The van der Waals surface area contributed by atoms with Gasteiger partial charge in [0.15, 0.2) is 5.16 Å². The second kappa shape index (κ2) is 4.24. The molecule has 7 heteroatoms. The molecular formula is C13H10N6S. The van der Waals surface area contributed by atoms with Gasteiger partial charge in [-0.05, 0) is 23.9 Å². The van der Waals surface area contributed by atoms with Gasteiger partial charge in [0, 0.05) is 11.1 Å². The van der Waals surface area contributed by atoms with E-state index in [1.165, 1.54) is 18.1 Å². The number of H-pyrrole nitrogens is 2. The van der Waals surface area contributed by atoms with Crippen LogP contribution in [0.1, 0.15) is 0 Å². The predicted molar refractivity (Wildman–Crippen MR) is 78.5 cm³/mol. The number of aromatic nitrogens is 5. The molecule has 98 valence electrons. The molecule has 0 bridgehead atoms. The van der Waals surface area contributed by atoms with Crippen molar-refractivity contribution < 1.29 is 0 Å². The first-order valence-corrected chi connectivity index (χ1v) is 6.83. The van der Waals surface area contributed by atoms with E-state index in [-0.39, 0.29) is 0 Å². The van der Waals surface area contributed by atoms with Crippen molar-refractivity contribution in [3.63, 3.8) is 0 Å². The molecule has 4 rings (SSSR count). The Kier molecular flexibility index (Phi) is 2.40. The van der Waals surface area contributed by atoms with Crippen LogP contribution >= 0.6 is 11.8 Å². The standard InChI is InChI=1S/C13H10N6S/c14-11-10-9(5-15-12(10)17-6-16-11)20-13-18-7-3-1-2-4-8(7)19-13/h1-6H,(H,18,19)(H3,14,15,16,17). The van der Waals surface area contributed by atoms with Gasteiger partial charge in [0.25, 0.3) is 0 Å². The average Bonchev–Trinajstić information content (AvgIpc) is 3.03. The molecule has 0 unspecified atom stereocenters. The number of hydrogen-bond acceptors (Lipinski definition) is 5. The van der Waals surface area contributed by atoms with Gasteiger partial charge in [-0.3, -0.25) is 0 Å². The van der Waals surface area contributed by atoms with E-state index in [2.05, 4.69) is 24.9 Å². The topological polar surface area (TPSA) is 96.3 Å². The van der Waals surface area contributed by atoms with Crippen LogP contribution < -0.4 is 5.73 Å². The number of benzene rings is 1. The van der Waals surface area contributed by atoms with Crippen LogP contribution in [0.2, 0.25) is 0 Å². The summed E-state index contributed by atoms with van der Waals surface area (Å²) in [6.07, 6.45) is 3.32. The molecule has 3 heterocycles. The van der Waals surface area contributed by atoms with Crippen molar-refractivity contribution in [3.8, 4) is 0 Å². The maximum Gasteiger partial charge on any atom is 0.171 e. The van der Waals surface area contributed by atoms with Crippen molar-refractivity contribution in [2.45, 2.75) is 10.1 Å². The Labute approximate surface area is 117 Å². The van der Waals surface area contributed by atoms with Crippen LogP contribution in [-0.4, -0.2) is 24.9 Å². The largest absolute Gasteiger partial charge is 0.383 e. The molecule has 3 aromatic heterocycles. The summed E-state index contributed by atoms with van der Waals surface area (Å²) in [5, 5.41) is 1.65. The van der Waals surface area contributed by atoms with E-state index >= 15 is 0 Å². The molecule has 1 aromatic carbocycles. The summed E-state index contributed by atoms with van der Waals surface area (Å²) < 4.78 is 0. The smallest absolute Gasteiger partial charge is 0.171 e. The SMILES string of the molecule is Nc1ncnc2[nH]cc(Sc3nc4ccccc4[nH]3)c12. The zero-order valence-electron chi connectivity index (χ0n) is 10.3. The number of nitrogens with two attached hydrogens (primary N) is 1. The van der Waals surface area contributed by atoms with Crippen LogP contribution in [0.15, 0.2) is 46.8 Å². The molecule has 0 aliphatic carbocycles. The summed E-state index contributed by atoms with van der Waals surface area (Å²) >= 11 is 1.51. The lowest BCUT2D eigenvalue weighted by Crippen LogP contribution is -1.92. The van der Waals surface area contributed by atoms with Crippen molar-refractivity contribution in [3.05, 3.63) is 36.8 Å². The Balaban J connectivity index is 1.80. The summed E-state index contributed by atoms with van der Waals surface area (Å²) in [7, 11) is 0. The van der Waals surface area contributed by atoms with Crippen molar-refractivity contribution in [1.82, 2.24) is 24.9 Å². The number of imidazole rings is 1. The highest BCUT2D eigenvalue weighted by molar-refractivity contribution is 7.99. The Morgan fingerprint density at radius 3 is 2.95 bits per heavy atom. The highest BCUT2D eigenvalue weighted by atomic mass is 32.2. The first kappa shape index (κ1) is 11.3. The lowest BCUT2D eigenvalue weighted by atomic mass is 10.3. The molecule has 0 aliphatic rings. The lowest BCUT2D eigenvalue weighted by Gasteiger charge is -1.97. The van der Waals surface area contributed by atoms with E-state index in [0.717, 1.165) is 32.1 Å². The van der Waals surface area contributed by atoms with Crippen molar-refractivity contribution in [2.75, 3.05) is 5.73 Å². The third-order valence-corrected chi connectivity index (χ3v) is 3.97. The van der Waals surface area contributed by atoms with E-state index in [0.29, 0.717) is 5.82 Å². The Morgan fingerprint density at radius 2 is 2.05 bits per heavy atom. The molecule has 0 saturated heterocycles. The number of nitrogens with one attached hydrogen (secondary N) is 2. The van der Waals surface area contributed by atoms with Gasteiger partial charge in [0.1, 0.15) is 17.8 Å². The molecule has 0 aliphatic heterocycles. The van der Waals surface area contributed by atoms with Gasteiger partial charge < -0.3 is 15.7 Å². The third-order valence-electron chi connectivity index (χ3n) is 3.04. The molecule has 4 N–H and O–H groups in total. The van der Waals surface area contributed by atoms with Crippen molar-refractivity contribution >= 4 is 39.6 Å². The quantitative estimate of drug-likeness (QED) is 0.525. The highest BCUT2D eigenvalue weighted by Gasteiger charge is 2.12. The Hall–Kier alpha value is -2.54. The van der Waals surface area contributed by atoms with Crippen LogP contribution in [0.4, 0.5) is 5.82 Å². The molecule has 20 heavy (non-hydrogen) atoms. The van der Waals surface area contributed by atoms with Crippen LogP contribution in [0, 0.1) is 0 Å². The maximum absolute atomic E-state index is 5.92. The first-order valence-electron chi connectivity index (χ1n) is 6.01. The number of hydrogen-bond donors (Lipinski definition) is 3. The van der Waals surface area contributed by atoms with Gasteiger partial charge in [-0.15, -0.1) is 0 Å². The molecule has 6 nitrogen and oxygen atoms in total. The fourth-order valence-corrected chi connectivity index (χ4v) is 3.05. The average molecular weight is 282 g/mol. The van der Waals surface area contributed by atoms with E-state index in [4.69, 9.17) is 5.73 Å². The molecule has 0 saturated carbocycles. The van der Waals surface area contributed by atoms with Gasteiger partial charge in [-0.25, -0.2) is 15.0 Å². The number of anilines is 1. The van der Waals surface area contributed by atoms with Gasteiger partial charge >= 0.3 is 0 Å². The second-order valence-corrected chi connectivity index (χ2v) is 5.33. The monoisotopic (exact) mass is 282 g/mol. The molecule has 0 radical (unpaired) electrons. The normalized spacial score (nSPS) is 11.4. The second-order valence-electron chi connectivity index (χ2n) is 4.30. The molecule has 4 aromatic rings. The number of fused-ring (bicyclic) bond motifs is 2. The minimum Gasteiger partial charge on any atom is -0.383 e. The van der Waals surface area contributed by atoms with E-state index in [1.54, 1.807) is 0 Å². The number of para-hydroxylation sites is 2. The van der Waals surface area contributed by atoms with Gasteiger partial charge in [-0.1, -0.05) is 12.1 Å². The molecule has 0 spiro atoms. The highest BCUT2D eigenvalue weighted by Crippen LogP contribution is 2.34. The maximum atomic E-state index is 5.92. The predicted octanol–water partition coefficient (Wildman–Crippen LogP) is 2.57. The van der Waals surface area contributed by atoms with Crippen molar-refractivity contribution in [2.24, 2.45) is 0 Å². The number of nitrogens with zero attached hydrogens (tertiary/aromatic N) is 3. The Bertz CT molecular complexity index is 876. The summed E-state index contributed by atoms with van der Waals surface area (Å²) in [4.78, 5) is 20.0. The Morgan fingerprint density at radius 1 is 1.15 bits per heavy atom. The van der Waals surface area contributed by atoms with Crippen LogP contribution in [-0.2, 0) is 0 Å². The molecule has 0 amide bonds. The van der Waals surface area contributed by atoms with E-state index in [1.807, 2.05) is 30.5 Å². The minimum atomic E-state index is 0.467. The minimum absolute atomic E-state index is 0.467. The molecular weight excluding hydrogens is 272 g/mol. The fourth-order valence-electron chi connectivity index (χ4n) is 2.12. The van der Waals surface area contributed by atoms with E-state index in [9.17, 15) is 0 Å². The summed E-state index contributed by atoms with van der Waals surface area (Å²) in [6.45, 7) is 0. The number of rotatable bonds is 2. The third kappa shape index (κ3) is 1.71. The van der Waals surface area contributed by atoms with Crippen LogP contribution in [0.25, 0.3) is 22.1 Å². The van der Waals surface area contributed by atoms with Crippen molar-refractivity contribution in [1.29, 1.82) is 0 Å². The first-order chi connectivity index (χ1) is 9.81. The summed E-state index contributed by atoms with van der Waals surface area (Å²) in [5.74, 6) is 0.467. The van der Waals surface area contributed by atoms with Gasteiger partial charge in [0.2, 0.25) is 0 Å².